The van der Waals surface area contributed by atoms with Gasteiger partial charge < -0.3 is 0 Å². The van der Waals surface area contributed by atoms with Gasteiger partial charge in [-0.25, -0.2) is 0 Å². The number of hydrogen-bond acceptors (Lipinski definition) is 0. The van der Waals surface area contributed by atoms with E-state index in [4.69, 9.17) is 0 Å². The number of allylic oxidation sites excluding steroid dienone is 2. The Kier molecular flexibility index (Phi) is 1.29. The Morgan fingerprint density at radius 2 is 2.50 bits per heavy atom. The van der Waals surface area contributed by atoms with Crippen molar-refractivity contribution in [2.45, 2.75) is 6.92 Å². The van der Waals surface area contributed by atoms with Gasteiger partial charge >= 0.3 is 47.9 Å². The van der Waals surface area contributed by atoms with Gasteiger partial charge in [-0.15, -0.1) is 0 Å². The molecule has 0 saturated heterocycles. The molecule has 0 spiro atoms. The quantitative estimate of drug-likeness (QED) is 0.518. The van der Waals surface area contributed by atoms with Gasteiger partial charge in [0.15, 0.2) is 0 Å². The van der Waals surface area contributed by atoms with E-state index >= 15 is 0 Å². The second-order valence-electron chi connectivity index (χ2n) is 1.30. The summed E-state index contributed by atoms with van der Waals surface area (Å²) in [5.41, 5.74) is 1.46. The molecule has 0 bridgehead atoms. The summed E-state index contributed by atoms with van der Waals surface area (Å²) in [6.45, 7) is 2.15. The SMILES string of the molecule is CC1=C[IH]C=C1. The van der Waals surface area contributed by atoms with E-state index in [2.05, 4.69) is 21.2 Å². The van der Waals surface area contributed by atoms with Crippen LogP contribution < -0.4 is 0 Å². The molecule has 1 aliphatic rings. The molecule has 0 saturated carbocycles. The predicted molar refractivity (Wildman–Crippen MR) is 38.3 cm³/mol. The molecule has 0 aliphatic carbocycles. The van der Waals surface area contributed by atoms with E-state index in [-0.39, 0.29) is 21.2 Å². The zero-order chi connectivity index (χ0) is 4.41. The minimum absolute atomic E-state index is 0.217. The normalized spacial score (nSPS) is 19.8. The molecule has 0 aromatic heterocycles. The van der Waals surface area contributed by atoms with Crippen molar-refractivity contribution in [1.82, 2.24) is 0 Å². The van der Waals surface area contributed by atoms with E-state index in [1.807, 2.05) is 0 Å². The first-order valence-electron chi connectivity index (χ1n) is 1.88. The molecular weight excluding hydrogens is 187 g/mol. The van der Waals surface area contributed by atoms with E-state index in [0.29, 0.717) is 0 Å². The molecule has 1 aliphatic heterocycles. The summed E-state index contributed by atoms with van der Waals surface area (Å²) in [7, 11) is 0. The number of rotatable bonds is 0. The van der Waals surface area contributed by atoms with Crippen LogP contribution >= 0.6 is 21.2 Å². The molecule has 0 aromatic rings. The monoisotopic (exact) mass is 194 g/mol. The van der Waals surface area contributed by atoms with Crippen molar-refractivity contribution in [2.24, 2.45) is 0 Å². The fraction of sp³-hybridized carbons (Fsp3) is 0.200. The third kappa shape index (κ3) is 0.834. The second kappa shape index (κ2) is 1.78. The maximum absolute atomic E-state index is 2.34. The minimum atomic E-state index is 0.217. The summed E-state index contributed by atoms with van der Waals surface area (Å²) in [4.78, 5) is 0. The van der Waals surface area contributed by atoms with Crippen LogP contribution in [0.25, 0.3) is 0 Å². The zero-order valence-corrected chi connectivity index (χ0v) is 5.97. The summed E-state index contributed by atoms with van der Waals surface area (Å²) in [6, 6.07) is 0. The van der Waals surface area contributed by atoms with Crippen molar-refractivity contribution < 1.29 is 0 Å². The van der Waals surface area contributed by atoms with E-state index in [0.717, 1.165) is 0 Å². The fourth-order valence-corrected chi connectivity index (χ4v) is 2.23. The zero-order valence-electron chi connectivity index (χ0n) is 3.64. The summed E-state index contributed by atoms with van der Waals surface area (Å²) in [5.74, 6) is 0. The average molecular weight is 194 g/mol. The van der Waals surface area contributed by atoms with Crippen LogP contribution in [0.4, 0.5) is 0 Å². The van der Waals surface area contributed by atoms with E-state index in [9.17, 15) is 0 Å². The standard InChI is InChI=1S/C5H7I/c1-5-2-3-6-4-5/h2-4,6H,1H3. The first-order valence-corrected chi connectivity index (χ1v) is 4.57. The van der Waals surface area contributed by atoms with Gasteiger partial charge in [-0.1, -0.05) is 0 Å². The second-order valence-corrected chi connectivity index (χ2v) is 3.53. The van der Waals surface area contributed by atoms with E-state index < -0.39 is 0 Å². The average Bonchev–Trinajstić information content (AvgIpc) is 1.86. The third-order valence-corrected chi connectivity index (χ3v) is 2.95. The van der Waals surface area contributed by atoms with Crippen LogP contribution in [0.3, 0.4) is 0 Å². The molecule has 0 N–H and O–H groups in total. The van der Waals surface area contributed by atoms with Crippen molar-refractivity contribution in [3.63, 3.8) is 0 Å². The van der Waals surface area contributed by atoms with Gasteiger partial charge in [0.05, 0.1) is 0 Å². The van der Waals surface area contributed by atoms with Crippen molar-refractivity contribution in [1.29, 1.82) is 0 Å². The summed E-state index contributed by atoms with van der Waals surface area (Å²) >= 11 is 0.217. The van der Waals surface area contributed by atoms with Gasteiger partial charge in [0.25, 0.3) is 0 Å². The fourth-order valence-electron chi connectivity index (χ4n) is 0.333. The molecule has 34 valence electrons. The first-order chi connectivity index (χ1) is 2.89. The molecular formula is C5H7I. The van der Waals surface area contributed by atoms with Gasteiger partial charge in [0.1, 0.15) is 0 Å². The summed E-state index contributed by atoms with van der Waals surface area (Å²) < 4.78 is 4.63. The van der Waals surface area contributed by atoms with Crippen LogP contribution in [0.1, 0.15) is 6.92 Å². The molecule has 0 fully saturated rings. The Bertz CT molecular complexity index is 97.8. The Morgan fingerprint density at radius 3 is 2.67 bits per heavy atom. The molecule has 1 heteroatoms. The van der Waals surface area contributed by atoms with Gasteiger partial charge in [-0.2, -0.15) is 0 Å². The molecule has 0 aromatic carbocycles. The molecule has 1 rings (SSSR count). The predicted octanol–water partition coefficient (Wildman–Crippen LogP) is 2.12. The Morgan fingerprint density at radius 1 is 1.67 bits per heavy atom. The van der Waals surface area contributed by atoms with Crippen LogP contribution in [0.5, 0.6) is 0 Å². The van der Waals surface area contributed by atoms with Crippen LogP contribution in [0, 0.1) is 0 Å². The Hall–Kier alpha value is 0.210. The summed E-state index contributed by atoms with van der Waals surface area (Å²) in [5, 5.41) is 0. The van der Waals surface area contributed by atoms with Crippen molar-refractivity contribution >= 4 is 21.2 Å². The van der Waals surface area contributed by atoms with Gasteiger partial charge in [-0.3, -0.25) is 0 Å². The van der Waals surface area contributed by atoms with Crippen LogP contribution in [0.15, 0.2) is 19.8 Å². The Labute approximate surface area is 48.2 Å². The topological polar surface area (TPSA) is 0 Å². The van der Waals surface area contributed by atoms with Crippen molar-refractivity contribution in [3.05, 3.63) is 19.8 Å². The number of halogens is 1. The number of hydrogen-bond donors (Lipinski definition) is 0. The molecule has 6 heavy (non-hydrogen) atoms. The molecule has 0 nitrogen and oxygen atoms in total. The van der Waals surface area contributed by atoms with E-state index in [1.54, 1.807) is 0 Å². The first kappa shape index (κ1) is 4.37. The van der Waals surface area contributed by atoms with E-state index in [1.165, 1.54) is 5.57 Å². The van der Waals surface area contributed by atoms with Crippen LogP contribution in [-0.4, -0.2) is 0 Å². The van der Waals surface area contributed by atoms with Gasteiger partial charge in [0, 0.05) is 0 Å². The molecule has 0 unspecified atom stereocenters. The molecule has 0 amide bonds. The molecule has 0 radical (unpaired) electrons. The van der Waals surface area contributed by atoms with Crippen molar-refractivity contribution in [3.8, 4) is 0 Å². The van der Waals surface area contributed by atoms with Gasteiger partial charge in [0.2, 0.25) is 0 Å². The van der Waals surface area contributed by atoms with Crippen molar-refractivity contribution in [2.75, 3.05) is 0 Å². The Balaban J connectivity index is 2.68. The van der Waals surface area contributed by atoms with Crippen LogP contribution in [-0.2, 0) is 0 Å². The maximum atomic E-state index is 2.34. The van der Waals surface area contributed by atoms with Crippen LogP contribution in [0.2, 0.25) is 0 Å². The third-order valence-electron chi connectivity index (χ3n) is 0.663. The molecule has 1 heterocycles. The molecule has 0 atom stereocenters. The van der Waals surface area contributed by atoms with Gasteiger partial charge in [-0.05, 0) is 0 Å². The summed E-state index contributed by atoms with van der Waals surface area (Å²) in [6.07, 6.45) is 2.20.